The van der Waals surface area contributed by atoms with Gasteiger partial charge in [-0.3, -0.25) is 14.9 Å². The van der Waals surface area contributed by atoms with Gasteiger partial charge >= 0.3 is 0 Å². The maximum atomic E-state index is 11.8. The molecule has 1 atom stereocenters. The van der Waals surface area contributed by atoms with E-state index in [0.29, 0.717) is 5.56 Å². The Kier molecular flexibility index (Phi) is 4.17. The first-order valence-electron chi connectivity index (χ1n) is 5.21. The third kappa shape index (κ3) is 3.25. The fraction of sp³-hybridized carbons (Fsp3) is 0.364. The summed E-state index contributed by atoms with van der Waals surface area (Å²) in [5.74, 6) is -0.466. The number of nitrogens with one attached hydrogen (secondary N) is 1. The Morgan fingerprint density at radius 2 is 2.24 bits per heavy atom. The third-order valence-electron chi connectivity index (χ3n) is 2.26. The van der Waals surface area contributed by atoms with Gasteiger partial charge in [-0.05, 0) is 19.4 Å². The minimum atomic E-state index is -0.562. The molecule has 6 nitrogen and oxygen atoms in total. The molecule has 0 bridgehead atoms. The minimum Gasteiger partial charge on any atom is -0.350 e. The average Bonchev–Trinajstić information content (AvgIpc) is 2.25. The van der Waals surface area contributed by atoms with Crippen molar-refractivity contribution in [1.82, 2.24) is 5.32 Å². The molecule has 0 radical (unpaired) electrons. The Hall–Kier alpha value is -1.95. The highest BCUT2D eigenvalue weighted by Crippen LogP contribution is 2.21. The van der Waals surface area contributed by atoms with E-state index in [4.69, 9.17) is 5.73 Å². The van der Waals surface area contributed by atoms with Crippen molar-refractivity contribution >= 4 is 11.6 Å². The van der Waals surface area contributed by atoms with Crippen molar-refractivity contribution < 1.29 is 9.72 Å². The van der Waals surface area contributed by atoms with Crippen LogP contribution < -0.4 is 11.1 Å². The quantitative estimate of drug-likeness (QED) is 0.602. The predicted molar refractivity (Wildman–Crippen MR) is 63.8 cm³/mol. The van der Waals surface area contributed by atoms with Gasteiger partial charge in [-0.2, -0.15) is 0 Å². The maximum Gasteiger partial charge on any atom is 0.282 e. The molecular weight excluding hydrogens is 222 g/mol. The van der Waals surface area contributed by atoms with Gasteiger partial charge in [-0.1, -0.05) is 12.1 Å². The molecule has 0 saturated heterocycles. The van der Waals surface area contributed by atoms with E-state index in [-0.39, 0.29) is 23.8 Å². The molecule has 0 aliphatic heterocycles. The summed E-state index contributed by atoms with van der Waals surface area (Å²) in [6.45, 7) is 3.69. The SMILES string of the molecule is Cc1cccc([N+](=O)[O-])c1C(=O)NCC(C)N. The largest absolute Gasteiger partial charge is 0.350 e. The van der Waals surface area contributed by atoms with Gasteiger partial charge in [0.25, 0.3) is 11.6 Å². The van der Waals surface area contributed by atoms with Crippen LogP contribution in [0, 0.1) is 17.0 Å². The Labute approximate surface area is 99.0 Å². The number of nitro benzene ring substituents is 1. The number of rotatable bonds is 4. The third-order valence-corrected chi connectivity index (χ3v) is 2.26. The van der Waals surface area contributed by atoms with Gasteiger partial charge in [0.15, 0.2) is 0 Å². The summed E-state index contributed by atoms with van der Waals surface area (Å²) in [4.78, 5) is 22.1. The molecule has 1 rings (SSSR count). The van der Waals surface area contributed by atoms with E-state index in [0.717, 1.165) is 0 Å². The summed E-state index contributed by atoms with van der Waals surface area (Å²) in [6.07, 6.45) is 0. The van der Waals surface area contributed by atoms with Crippen LogP contribution in [0.4, 0.5) is 5.69 Å². The summed E-state index contributed by atoms with van der Waals surface area (Å²) in [7, 11) is 0. The van der Waals surface area contributed by atoms with Crippen LogP contribution in [0.2, 0.25) is 0 Å². The van der Waals surface area contributed by atoms with Crippen LogP contribution >= 0.6 is 0 Å². The van der Waals surface area contributed by atoms with Gasteiger partial charge in [-0.25, -0.2) is 0 Å². The van der Waals surface area contributed by atoms with E-state index in [9.17, 15) is 14.9 Å². The van der Waals surface area contributed by atoms with E-state index in [1.165, 1.54) is 6.07 Å². The second-order valence-electron chi connectivity index (χ2n) is 3.91. The molecule has 0 heterocycles. The molecule has 0 aliphatic rings. The second kappa shape index (κ2) is 5.40. The van der Waals surface area contributed by atoms with Gasteiger partial charge in [0, 0.05) is 18.7 Å². The first-order valence-corrected chi connectivity index (χ1v) is 5.21. The fourth-order valence-electron chi connectivity index (χ4n) is 1.44. The van der Waals surface area contributed by atoms with Crippen molar-refractivity contribution in [2.75, 3.05) is 6.54 Å². The fourth-order valence-corrected chi connectivity index (χ4v) is 1.44. The van der Waals surface area contributed by atoms with Crippen LogP contribution in [0.15, 0.2) is 18.2 Å². The Balaban J connectivity index is 3.03. The van der Waals surface area contributed by atoms with E-state index in [1.807, 2.05) is 0 Å². The monoisotopic (exact) mass is 237 g/mol. The number of benzene rings is 1. The molecule has 0 aromatic heterocycles. The molecule has 0 saturated carbocycles. The highest BCUT2D eigenvalue weighted by molar-refractivity contribution is 5.99. The van der Waals surface area contributed by atoms with Gasteiger partial charge in [0.1, 0.15) is 5.56 Å². The highest BCUT2D eigenvalue weighted by Gasteiger charge is 2.21. The topological polar surface area (TPSA) is 98.3 Å². The first kappa shape index (κ1) is 13.1. The Morgan fingerprint density at radius 1 is 1.59 bits per heavy atom. The number of hydrogen-bond acceptors (Lipinski definition) is 4. The maximum absolute atomic E-state index is 11.8. The van der Waals surface area contributed by atoms with E-state index in [2.05, 4.69) is 5.32 Å². The Bertz CT molecular complexity index is 444. The summed E-state index contributed by atoms with van der Waals surface area (Å²) in [5, 5.41) is 13.4. The van der Waals surface area contributed by atoms with Crippen molar-refractivity contribution in [3.63, 3.8) is 0 Å². The standard InChI is InChI=1S/C11H15N3O3/c1-7-4-3-5-9(14(16)17)10(7)11(15)13-6-8(2)12/h3-5,8H,6,12H2,1-2H3,(H,13,15). The van der Waals surface area contributed by atoms with Crippen molar-refractivity contribution in [3.8, 4) is 0 Å². The van der Waals surface area contributed by atoms with Crippen molar-refractivity contribution in [2.45, 2.75) is 19.9 Å². The van der Waals surface area contributed by atoms with Crippen LogP contribution in [0.5, 0.6) is 0 Å². The summed E-state index contributed by atoms with van der Waals surface area (Å²) < 4.78 is 0. The van der Waals surface area contributed by atoms with Crippen LogP contribution in [0.1, 0.15) is 22.8 Å². The number of carbonyl (C=O) groups is 1. The lowest BCUT2D eigenvalue weighted by atomic mass is 10.1. The predicted octanol–water partition coefficient (Wildman–Crippen LogP) is 0.980. The average molecular weight is 237 g/mol. The zero-order valence-corrected chi connectivity index (χ0v) is 9.77. The normalized spacial score (nSPS) is 11.9. The zero-order valence-electron chi connectivity index (χ0n) is 9.77. The zero-order chi connectivity index (χ0) is 13.0. The van der Waals surface area contributed by atoms with Crippen molar-refractivity contribution in [1.29, 1.82) is 0 Å². The number of nitrogens with two attached hydrogens (primary N) is 1. The first-order chi connectivity index (χ1) is 7.93. The van der Waals surface area contributed by atoms with Gasteiger partial charge in [-0.15, -0.1) is 0 Å². The molecule has 1 aromatic rings. The number of amides is 1. The van der Waals surface area contributed by atoms with Crippen LogP contribution in [0.25, 0.3) is 0 Å². The van der Waals surface area contributed by atoms with Crippen LogP contribution in [-0.4, -0.2) is 23.4 Å². The molecule has 0 spiro atoms. The second-order valence-corrected chi connectivity index (χ2v) is 3.91. The summed E-state index contributed by atoms with van der Waals surface area (Å²) >= 11 is 0. The van der Waals surface area contributed by atoms with Crippen LogP contribution in [0.3, 0.4) is 0 Å². The van der Waals surface area contributed by atoms with E-state index < -0.39 is 10.8 Å². The number of nitro groups is 1. The van der Waals surface area contributed by atoms with Gasteiger partial charge < -0.3 is 11.1 Å². The van der Waals surface area contributed by atoms with Gasteiger partial charge in [0.05, 0.1) is 4.92 Å². The van der Waals surface area contributed by atoms with E-state index >= 15 is 0 Å². The summed E-state index contributed by atoms with van der Waals surface area (Å²) in [6, 6.07) is 4.33. The number of aryl methyl sites for hydroxylation is 1. The molecule has 6 heteroatoms. The van der Waals surface area contributed by atoms with Crippen molar-refractivity contribution in [2.24, 2.45) is 5.73 Å². The molecule has 0 aliphatic carbocycles. The molecule has 17 heavy (non-hydrogen) atoms. The smallest absolute Gasteiger partial charge is 0.282 e. The number of hydrogen-bond donors (Lipinski definition) is 2. The molecule has 1 aromatic carbocycles. The highest BCUT2D eigenvalue weighted by atomic mass is 16.6. The lowest BCUT2D eigenvalue weighted by Crippen LogP contribution is -2.35. The van der Waals surface area contributed by atoms with Crippen LogP contribution in [-0.2, 0) is 0 Å². The van der Waals surface area contributed by atoms with Crippen molar-refractivity contribution in [3.05, 3.63) is 39.4 Å². The molecular formula is C11H15N3O3. The number of nitrogens with zero attached hydrogens (tertiary/aromatic N) is 1. The summed E-state index contributed by atoms with van der Waals surface area (Å²) in [5.41, 5.74) is 5.98. The Morgan fingerprint density at radius 3 is 2.76 bits per heavy atom. The minimum absolute atomic E-state index is 0.0955. The number of carbonyl (C=O) groups excluding carboxylic acids is 1. The lowest BCUT2D eigenvalue weighted by Gasteiger charge is -2.09. The molecule has 0 fully saturated rings. The molecule has 3 N–H and O–H groups in total. The lowest BCUT2D eigenvalue weighted by molar-refractivity contribution is -0.385. The molecule has 92 valence electrons. The molecule has 1 unspecified atom stereocenters. The van der Waals surface area contributed by atoms with E-state index in [1.54, 1.807) is 26.0 Å². The van der Waals surface area contributed by atoms with Gasteiger partial charge in [0.2, 0.25) is 0 Å². The molecule has 1 amide bonds.